The van der Waals surface area contributed by atoms with E-state index in [4.69, 9.17) is 11.6 Å². The highest BCUT2D eigenvalue weighted by Crippen LogP contribution is 2.21. The van der Waals surface area contributed by atoms with Crippen LogP contribution in [-0.4, -0.2) is 28.0 Å². The van der Waals surface area contributed by atoms with Crippen molar-refractivity contribution in [3.05, 3.63) is 23.8 Å². The molecule has 0 spiro atoms. The van der Waals surface area contributed by atoms with E-state index >= 15 is 0 Å². The smallest absolute Gasteiger partial charge is 0.255 e. The molecule has 1 amide bonds. The third-order valence-electron chi connectivity index (χ3n) is 2.41. The molecule has 0 saturated carbocycles. The number of carbonyl (C=O) groups excluding carboxylic acids is 1. The van der Waals surface area contributed by atoms with E-state index in [1.165, 1.54) is 18.2 Å². The molecule has 1 aromatic rings. The van der Waals surface area contributed by atoms with E-state index in [1.54, 1.807) is 0 Å². The molecular weight excluding hydrogens is 242 g/mol. The van der Waals surface area contributed by atoms with Crippen LogP contribution in [0.4, 0.5) is 0 Å². The number of hydrogen-bond acceptors (Lipinski definition) is 3. The van der Waals surface area contributed by atoms with Crippen molar-refractivity contribution < 1.29 is 15.0 Å². The average molecular weight is 258 g/mol. The second-order valence-electron chi connectivity index (χ2n) is 4.17. The van der Waals surface area contributed by atoms with Gasteiger partial charge >= 0.3 is 0 Å². The molecule has 0 aromatic heterocycles. The van der Waals surface area contributed by atoms with Crippen molar-refractivity contribution in [2.24, 2.45) is 5.92 Å². The Labute approximate surface area is 105 Å². The Morgan fingerprint density at radius 3 is 2.65 bits per heavy atom. The van der Waals surface area contributed by atoms with Crippen molar-refractivity contribution in [1.82, 2.24) is 5.32 Å². The first kappa shape index (κ1) is 13.6. The third kappa shape index (κ3) is 3.82. The fraction of sp³-hybridized carbons (Fsp3) is 0.417. The Morgan fingerprint density at radius 1 is 1.41 bits per heavy atom. The molecule has 0 aliphatic heterocycles. The number of hydrogen-bond donors (Lipinski definition) is 3. The average Bonchev–Trinajstić information content (AvgIpc) is 2.28. The minimum atomic E-state index is -0.454. The molecule has 0 aliphatic rings. The lowest BCUT2D eigenvalue weighted by Crippen LogP contribution is -2.31. The molecule has 1 atom stereocenters. The number of alkyl halides is 1. The molecule has 1 aromatic carbocycles. The zero-order chi connectivity index (χ0) is 13.0. The van der Waals surface area contributed by atoms with Gasteiger partial charge in [0.25, 0.3) is 5.91 Å². The molecule has 94 valence electrons. The molecular formula is C12H16ClNO3. The van der Waals surface area contributed by atoms with E-state index in [9.17, 15) is 15.0 Å². The first-order valence-corrected chi connectivity index (χ1v) is 5.79. The van der Waals surface area contributed by atoms with Gasteiger partial charge in [-0.3, -0.25) is 4.79 Å². The summed E-state index contributed by atoms with van der Waals surface area (Å²) >= 11 is 5.99. The van der Waals surface area contributed by atoms with Crippen LogP contribution in [0.3, 0.4) is 0 Å². The second kappa shape index (κ2) is 5.77. The Hall–Kier alpha value is -1.42. The minimum absolute atomic E-state index is 0.0395. The maximum atomic E-state index is 11.7. The summed E-state index contributed by atoms with van der Waals surface area (Å²) in [6.45, 7) is 4.22. The van der Waals surface area contributed by atoms with E-state index in [0.717, 1.165) is 0 Å². The molecule has 1 unspecified atom stereocenters. The monoisotopic (exact) mass is 257 g/mol. The zero-order valence-corrected chi connectivity index (χ0v) is 10.5. The van der Waals surface area contributed by atoms with Gasteiger partial charge in [0.2, 0.25) is 0 Å². The first-order valence-electron chi connectivity index (χ1n) is 5.36. The number of phenolic OH excluding ortho intramolecular Hbond substituents is 2. The van der Waals surface area contributed by atoms with Gasteiger partial charge in [-0.05, 0) is 24.1 Å². The molecule has 0 saturated heterocycles. The number of benzene rings is 1. The molecule has 5 heteroatoms. The lowest BCUT2D eigenvalue weighted by Gasteiger charge is -2.14. The number of phenols is 2. The van der Waals surface area contributed by atoms with Crippen molar-refractivity contribution in [2.75, 3.05) is 6.54 Å². The molecule has 4 nitrogen and oxygen atoms in total. The maximum Gasteiger partial charge on any atom is 0.255 e. The van der Waals surface area contributed by atoms with E-state index in [0.29, 0.717) is 6.54 Å². The SMILES string of the molecule is CC(C)C(Cl)CNC(=O)c1cc(O)ccc1O. The Balaban J connectivity index is 2.67. The normalized spacial score (nSPS) is 12.5. The van der Waals surface area contributed by atoms with Crippen LogP contribution in [0.2, 0.25) is 0 Å². The molecule has 0 heterocycles. The van der Waals surface area contributed by atoms with Crippen molar-refractivity contribution >= 4 is 17.5 Å². The summed E-state index contributed by atoms with van der Waals surface area (Å²) in [5, 5.41) is 21.1. The Morgan fingerprint density at radius 2 is 2.06 bits per heavy atom. The molecule has 0 radical (unpaired) electrons. The highest BCUT2D eigenvalue weighted by molar-refractivity contribution is 6.21. The van der Waals surface area contributed by atoms with Crippen LogP contribution in [0.25, 0.3) is 0 Å². The van der Waals surface area contributed by atoms with Crippen LogP contribution in [0, 0.1) is 5.92 Å². The summed E-state index contributed by atoms with van der Waals surface area (Å²) in [6.07, 6.45) is 0. The molecule has 3 N–H and O–H groups in total. The highest BCUT2D eigenvalue weighted by atomic mass is 35.5. The van der Waals surface area contributed by atoms with Gasteiger partial charge in [-0.15, -0.1) is 11.6 Å². The summed E-state index contributed by atoms with van der Waals surface area (Å²) in [6, 6.07) is 3.79. The Bertz CT molecular complexity index is 407. The largest absolute Gasteiger partial charge is 0.508 e. The van der Waals surface area contributed by atoms with Gasteiger partial charge in [-0.25, -0.2) is 0 Å². The first-order chi connectivity index (χ1) is 7.91. The van der Waals surface area contributed by atoms with Crippen molar-refractivity contribution in [3.63, 3.8) is 0 Å². The minimum Gasteiger partial charge on any atom is -0.508 e. The van der Waals surface area contributed by atoms with Crippen molar-refractivity contribution in [2.45, 2.75) is 19.2 Å². The fourth-order valence-electron chi connectivity index (χ4n) is 1.23. The number of nitrogens with one attached hydrogen (secondary N) is 1. The van der Waals surface area contributed by atoms with Crippen LogP contribution in [0.1, 0.15) is 24.2 Å². The molecule has 1 rings (SSSR count). The van der Waals surface area contributed by atoms with Gasteiger partial charge in [0, 0.05) is 6.54 Å². The van der Waals surface area contributed by atoms with Gasteiger partial charge < -0.3 is 15.5 Å². The third-order valence-corrected chi connectivity index (χ3v) is 3.06. The van der Waals surface area contributed by atoms with Gasteiger partial charge in [-0.1, -0.05) is 13.8 Å². The fourth-order valence-corrected chi connectivity index (χ4v) is 1.30. The quantitative estimate of drug-likeness (QED) is 0.571. The van der Waals surface area contributed by atoms with Crippen molar-refractivity contribution in [1.29, 1.82) is 0 Å². The van der Waals surface area contributed by atoms with E-state index in [1.807, 2.05) is 13.8 Å². The molecule has 17 heavy (non-hydrogen) atoms. The van der Waals surface area contributed by atoms with Crippen LogP contribution in [-0.2, 0) is 0 Å². The van der Waals surface area contributed by atoms with Crippen LogP contribution >= 0.6 is 11.6 Å². The van der Waals surface area contributed by atoms with Crippen molar-refractivity contribution in [3.8, 4) is 11.5 Å². The molecule has 0 aliphatic carbocycles. The zero-order valence-electron chi connectivity index (χ0n) is 9.77. The number of halogens is 1. The maximum absolute atomic E-state index is 11.7. The highest BCUT2D eigenvalue weighted by Gasteiger charge is 2.15. The predicted octanol–water partition coefficient (Wildman–Crippen LogP) is 2.09. The van der Waals surface area contributed by atoms with E-state index in [-0.39, 0.29) is 28.4 Å². The number of rotatable bonds is 4. The predicted molar refractivity (Wildman–Crippen MR) is 66.6 cm³/mol. The Kier molecular flexibility index (Phi) is 4.63. The van der Waals surface area contributed by atoms with Gasteiger partial charge in [0.05, 0.1) is 10.9 Å². The summed E-state index contributed by atoms with van der Waals surface area (Å²) in [7, 11) is 0. The standard InChI is InChI=1S/C12H16ClNO3/c1-7(2)10(13)6-14-12(17)9-5-8(15)3-4-11(9)16/h3-5,7,10,15-16H,6H2,1-2H3,(H,14,17). The summed E-state index contributed by atoms with van der Waals surface area (Å²) < 4.78 is 0. The van der Waals surface area contributed by atoms with Gasteiger partial charge in [-0.2, -0.15) is 0 Å². The molecule has 0 bridgehead atoms. The lowest BCUT2D eigenvalue weighted by molar-refractivity contribution is 0.0949. The number of carbonyl (C=O) groups is 1. The van der Waals surface area contributed by atoms with Gasteiger partial charge in [0.15, 0.2) is 0 Å². The van der Waals surface area contributed by atoms with Gasteiger partial charge in [0.1, 0.15) is 11.5 Å². The topological polar surface area (TPSA) is 69.6 Å². The van der Waals surface area contributed by atoms with Crippen LogP contribution in [0.5, 0.6) is 11.5 Å². The van der Waals surface area contributed by atoms with E-state index < -0.39 is 5.91 Å². The summed E-state index contributed by atoms with van der Waals surface area (Å²) in [4.78, 5) is 11.7. The molecule has 0 fully saturated rings. The number of amides is 1. The van der Waals surface area contributed by atoms with Crippen LogP contribution in [0.15, 0.2) is 18.2 Å². The summed E-state index contributed by atoms with van der Waals surface area (Å²) in [5.41, 5.74) is 0.0395. The summed E-state index contributed by atoms with van der Waals surface area (Å²) in [5.74, 6) is -0.449. The number of aromatic hydroxyl groups is 2. The van der Waals surface area contributed by atoms with E-state index in [2.05, 4.69) is 5.32 Å². The van der Waals surface area contributed by atoms with Crippen LogP contribution < -0.4 is 5.32 Å². The second-order valence-corrected chi connectivity index (χ2v) is 4.73. The lowest BCUT2D eigenvalue weighted by atomic mass is 10.1.